The summed E-state index contributed by atoms with van der Waals surface area (Å²) in [5.74, 6) is -1.49. The van der Waals surface area contributed by atoms with Gasteiger partial charge in [-0.05, 0) is 34.6 Å². The molecular formula is C19H26F6N8O2. The number of fused-ring (bicyclic) bond motifs is 2. The van der Waals surface area contributed by atoms with Gasteiger partial charge < -0.3 is 19.2 Å². The number of carbonyl (C=O) groups excluding carboxylic acids is 1. The molecule has 0 saturated carbocycles. The van der Waals surface area contributed by atoms with E-state index < -0.39 is 41.7 Å². The van der Waals surface area contributed by atoms with Gasteiger partial charge in [0.1, 0.15) is 11.4 Å². The smallest absolute Gasteiger partial charge is 0.444 e. The Kier molecular flexibility index (Phi) is 7.07. The summed E-state index contributed by atoms with van der Waals surface area (Å²) in [6, 6.07) is -0.427. The van der Waals surface area contributed by atoms with Gasteiger partial charge in [-0.3, -0.25) is 4.90 Å². The lowest BCUT2D eigenvalue weighted by atomic mass is 10.2. The van der Waals surface area contributed by atoms with Crippen LogP contribution in [0, 0.1) is 0 Å². The molecule has 0 spiro atoms. The summed E-state index contributed by atoms with van der Waals surface area (Å²) < 4.78 is 82.9. The molecule has 16 heteroatoms. The van der Waals surface area contributed by atoms with Gasteiger partial charge in [0.2, 0.25) is 11.6 Å². The van der Waals surface area contributed by atoms with E-state index in [1.165, 1.54) is 4.90 Å². The van der Waals surface area contributed by atoms with Crippen LogP contribution in [-0.2, 0) is 43.3 Å². The van der Waals surface area contributed by atoms with Crippen molar-refractivity contribution in [3.8, 4) is 0 Å². The van der Waals surface area contributed by atoms with E-state index in [-0.39, 0.29) is 31.5 Å². The lowest BCUT2D eigenvalue weighted by Gasteiger charge is -2.35. The number of rotatable bonds is 0. The highest BCUT2D eigenvalue weighted by molar-refractivity contribution is 5.68. The van der Waals surface area contributed by atoms with E-state index in [1.807, 2.05) is 6.92 Å². The summed E-state index contributed by atoms with van der Waals surface area (Å²) in [7, 11) is 0. The van der Waals surface area contributed by atoms with Crippen LogP contribution in [0.4, 0.5) is 31.1 Å². The molecule has 0 bridgehead atoms. The number of ether oxygens (including phenoxy) is 1. The van der Waals surface area contributed by atoms with Gasteiger partial charge in [0.15, 0.2) is 5.82 Å². The third kappa shape index (κ3) is 6.21. The quantitative estimate of drug-likeness (QED) is 0.541. The molecule has 0 saturated heterocycles. The fourth-order valence-corrected chi connectivity index (χ4v) is 3.56. The molecule has 10 nitrogen and oxygen atoms in total. The Balaban J connectivity index is 0.000000211. The van der Waals surface area contributed by atoms with Crippen molar-refractivity contribution in [1.29, 1.82) is 0 Å². The number of nitrogens with one attached hydrogen (secondary N) is 1. The first-order valence-electron chi connectivity index (χ1n) is 10.7. The van der Waals surface area contributed by atoms with Crippen LogP contribution < -0.4 is 5.32 Å². The second kappa shape index (κ2) is 9.28. The minimum atomic E-state index is -4.56. The largest absolute Gasteiger partial charge is 0.451 e. The number of hydrogen-bond donors (Lipinski definition) is 1. The second-order valence-corrected chi connectivity index (χ2v) is 9.34. The van der Waals surface area contributed by atoms with Gasteiger partial charge in [-0.25, -0.2) is 4.79 Å². The molecule has 4 rings (SSSR count). The van der Waals surface area contributed by atoms with Gasteiger partial charge in [-0.1, -0.05) is 0 Å². The summed E-state index contributed by atoms with van der Waals surface area (Å²) >= 11 is 0. The molecule has 1 N–H and O–H groups in total. The van der Waals surface area contributed by atoms with Gasteiger partial charge in [0, 0.05) is 19.1 Å². The summed E-state index contributed by atoms with van der Waals surface area (Å²) in [6.07, 6.45) is -9.54. The van der Waals surface area contributed by atoms with Gasteiger partial charge in [0.05, 0.1) is 19.1 Å². The van der Waals surface area contributed by atoms with Crippen molar-refractivity contribution in [2.45, 2.75) is 90.8 Å². The van der Waals surface area contributed by atoms with E-state index >= 15 is 0 Å². The first-order chi connectivity index (χ1) is 16.0. The Morgan fingerprint density at radius 2 is 1.40 bits per heavy atom. The van der Waals surface area contributed by atoms with Crippen LogP contribution in [0.3, 0.4) is 0 Å². The summed E-state index contributed by atoms with van der Waals surface area (Å²) in [5, 5.41) is 16.4. The number of halogens is 6. The highest BCUT2D eigenvalue weighted by atomic mass is 19.4. The van der Waals surface area contributed by atoms with Crippen LogP contribution in [0.5, 0.6) is 0 Å². The first-order valence-corrected chi connectivity index (χ1v) is 10.7. The molecule has 2 atom stereocenters. The molecule has 1 amide bonds. The average Bonchev–Trinajstić information content (AvgIpc) is 3.29. The monoisotopic (exact) mass is 512 g/mol. The lowest BCUT2D eigenvalue weighted by Crippen LogP contribution is -2.47. The number of aromatic nitrogens is 6. The molecule has 2 aromatic heterocycles. The molecule has 196 valence electrons. The number of nitrogens with zero attached hydrogens (tertiary/aromatic N) is 7. The van der Waals surface area contributed by atoms with Crippen LogP contribution in [0.15, 0.2) is 0 Å². The summed E-state index contributed by atoms with van der Waals surface area (Å²) in [4.78, 5) is 13.4. The van der Waals surface area contributed by atoms with E-state index in [0.29, 0.717) is 12.4 Å². The summed E-state index contributed by atoms with van der Waals surface area (Å²) in [6.45, 7) is 9.18. The Morgan fingerprint density at radius 1 is 0.886 bits per heavy atom. The summed E-state index contributed by atoms with van der Waals surface area (Å²) in [5.41, 5.74) is -0.668. The Bertz CT molecular complexity index is 1060. The third-order valence-electron chi connectivity index (χ3n) is 5.15. The Morgan fingerprint density at radius 3 is 1.91 bits per heavy atom. The van der Waals surface area contributed by atoms with Crippen LogP contribution >= 0.6 is 0 Å². The van der Waals surface area contributed by atoms with Gasteiger partial charge in [0.25, 0.3) is 0 Å². The van der Waals surface area contributed by atoms with E-state index in [2.05, 4.69) is 25.7 Å². The van der Waals surface area contributed by atoms with Crippen molar-refractivity contribution in [3.63, 3.8) is 0 Å². The maximum absolute atomic E-state index is 12.8. The van der Waals surface area contributed by atoms with E-state index in [9.17, 15) is 31.1 Å². The van der Waals surface area contributed by atoms with Crippen molar-refractivity contribution < 1.29 is 35.9 Å². The van der Waals surface area contributed by atoms with Crippen molar-refractivity contribution >= 4 is 6.09 Å². The Labute approximate surface area is 196 Å². The van der Waals surface area contributed by atoms with Crippen molar-refractivity contribution in [3.05, 3.63) is 23.3 Å². The molecule has 2 aliphatic rings. The SMILES string of the molecule is C[C@@H]1Cn2c(nnc2C(F)(F)F)CN1.C[C@@H]1Cn2c(nnc2C(F)(F)F)CN1C(=O)OC(C)(C)C. The molecule has 0 aromatic carbocycles. The zero-order chi connectivity index (χ0) is 26.3. The zero-order valence-corrected chi connectivity index (χ0v) is 19.7. The average molecular weight is 512 g/mol. The highest BCUT2D eigenvalue weighted by Gasteiger charge is 2.42. The fraction of sp³-hybridized carbons (Fsp3) is 0.737. The molecule has 2 aromatic rings. The number of carbonyl (C=O) groups is 1. The molecule has 0 unspecified atom stereocenters. The number of hydrogen-bond acceptors (Lipinski definition) is 7. The van der Waals surface area contributed by atoms with Crippen molar-refractivity contribution in [2.75, 3.05) is 0 Å². The number of amides is 1. The first kappa shape index (κ1) is 26.7. The normalized spacial score (nSPS) is 20.5. The Hall–Kier alpha value is -2.91. The van der Waals surface area contributed by atoms with Crippen LogP contribution in [0.25, 0.3) is 0 Å². The molecule has 0 aliphatic carbocycles. The van der Waals surface area contributed by atoms with Crippen molar-refractivity contribution in [2.24, 2.45) is 0 Å². The molecule has 0 fully saturated rings. The predicted octanol–water partition coefficient (Wildman–Crippen LogP) is 3.22. The molecule has 0 radical (unpaired) electrons. The second-order valence-electron chi connectivity index (χ2n) is 9.34. The van der Waals surface area contributed by atoms with Gasteiger partial charge >= 0.3 is 18.4 Å². The third-order valence-corrected chi connectivity index (χ3v) is 5.15. The minimum Gasteiger partial charge on any atom is -0.444 e. The van der Waals surface area contributed by atoms with Crippen molar-refractivity contribution in [1.82, 2.24) is 39.7 Å². The van der Waals surface area contributed by atoms with Crippen LogP contribution in [0.1, 0.15) is 57.9 Å². The van der Waals surface area contributed by atoms with Gasteiger partial charge in [-0.15, -0.1) is 20.4 Å². The van der Waals surface area contributed by atoms with Crippen LogP contribution in [-0.4, -0.2) is 58.2 Å². The highest BCUT2D eigenvalue weighted by Crippen LogP contribution is 2.31. The lowest BCUT2D eigenvalue weighted by molar-refractivity contribution is -0.148. The number of alkyl halides is 6. The van der Waals surface area contributed by atoms with E-state index in [4.69, 9.17) is 4.74 Å². The molecule has 2 aliphatic heterocycles. The minimum absolute atomic E-state index is 0.0135. The standard InChI is InChI=1S/C12H17F3N4O2.C7H9F3N4/c1-7-5-19-8(16-17-9(19)12(13,14)15)6-18(7)10(20)21-11(2,3)4;1-4-3-14-5(2-11-4)12-13-6(14)7(8,9)10/h7H,5-6H2,1-4H3;4,11H,2-3H2,1H3/t7-;4-/m11/s1. The van der Waals surface area contributed by atoms with Gasteiger partial charge in [-0.2, -0.15) is 26.3 Å². The molecule has 35 heavy (non-hydrogen) atoms. The maximum Gasteiger partial charge on any atom is 0.451 e. The van der Waals surface area contributed by atoms with E-state index in [1.54, 1.807) is 27.7 Å². The fourth-order valence-electron chi connectivity index (χ4n) is 3.56. The maximum atomic E-state index is 12.8. The molecule has 4 heterocycles. The zero-order valence-electron chi connectivity index (χ0n) is 19.7. The van der Waals surface area contributed by atoms with E-state index in [0.717, 1.165) is 9.13 Å². The molecular weight excluding hydrogens is 486 g/mol. The van der Waals surface area contributed by atoms with Crippen LogP contribution in [0.2, 0.25) is 0 Å². The topological polar surface area (TPSA) is 103 Å². The predicted molar refractivity (Wildman–Crippen MR) is 108 cm³/mol.